The Bertz CT molecular complexity index is 414. The summed E-state index contributed by atoms with van der Waals surface area (Å²) in [4.78, 5) is 11.8. The fourth-order valence-electron chi connectivity index (χ4n) is 1.77. The second-order valence-electron chi connectivity index (χ2n) is 3.65. The van der Waals surface area contributed by atoms with Crippen molar-refractivity contribution in [3.05, 3.63) is 35.4 Å². The Balaban J connectivity index is 2.17. The lowest BCUT2D eigenvalue weighted by molar-refractivity contribution is -0.186. The van der Waals surface area contributed by atoms with E-state index in [-0.39, 0.29) is 13.1 Å². The lowest BCUT2D eigenvalue weighted by Crippen LogP contribution is -2.43. The zero-order chi connectivity index (χ0) is 11.8. The van der Waals surface area contributed by atoms with E-state index in [0.717, 1.165) is 16.0 Å². The van der Waals surface area contributed by atoms with Crippen LogP contribution in [0.25, 0.3) is 0 Å². The van der Waals surface area contributed by atoms with Crippen LogP contribution >= 0.6 is 0 Å². The molecule has 0 N–H and O–H groups in total. The van der Waals surface area contributed by atoms with E-state index in [9.17, 15) is 18.0 Å². The van der Waals surface area contributed by atoms with Gasteiger partial charge in [-0.1, -0.05) is 18.2 Å². The molecule has 1 aromatic rings. The third kappa shape index (κ3) is 2.03. The zero-order valence-corrected chi connectivity index (χ0v) is 8.34. The van der Waals surface area contributed by atoms with E-state index in [2.05, 4.69) is 6.07 Å². The molecule has 2 rings (SSSR count). The number of carbonyl (C=O) groups is 1. The number of rotatable bonds is 0. The maximum Gasteiger partial charge on any atom is 0.471 e. The van der Waals surface area contributed by atoms with Gasteiger partial charge >= 0.3 is 12.1 Å². The molecule has 85 valence electrons. The van der Waals surface area contributed by atoms with Gasteiger partial charge in [-0.05, 0) is 23.6 Å². The lowest BCUT2D eigenvalue weighted by Gasteiger charge is -2.29. The van der Waals surface area contributed by atoms with Crippen LogP contribution in [0.2, 0.25) is 0 Å². The minimum atomic E-state index is -4.78. The molecular weight excluding hydrogens is 219 g/mol. The Morgan fingerprint density at radius 1 is 1.44 bits per heavy atom. The molecule has 5 heteroatoms. The molecule has 0 spiro atoms. The van der Waals surface area contributed by atoms with Crippen LogP contribution in [0.15, 0.2) is 18.2 Å². The molecule has 1 amide bonds. The molecule has 0 bridgehead atoms. The number of benzene rings is 1. The predicted molar refractivity (Wildman–Crippen MR) is 50.5 cm³/mol. The molecule has 1 radical (unpaired) electrons. The topological polar surface area (TPSA) is 20.3 Å². The second kappa shape index (κ2) is 3.81. The van der Waals surface area contributed by atoms with Gasteiger partial charge in [0.15, 0.2) is 0 Å². The zero-order valence-electron chi connectivity index (χ0n) is 8.34. The number of nitrogens with zero attached hydrogens (tertiary/aromatic N) is 1. The third-order valence-electron chi connectivity index (χ3n) is 2.56. The Morgan fingerprint density at radius 3 is 2.88 bits per heavy atom. The summed E-state index contributed by atoms with van der Waals surface area (Å²) in [6.07, 6.45) is -4.35. The van der Waals surface area contributed by atoms with Gasteiger partial charge in [-0.15, -0.1) is 0 Å². The molecular formula is C11H9F3NO. The molecule has 0 saturated carbocycles. The van der Waals surface area contributed by atoms with E-state index in [0.29, 0.717) is 6.42 Å². The van der Waals surface area contributed by atoms with Crippen molar-refractivity contribution in [1.82, 2.24) is 4.90 Å². The average Bonchev–Trinajstić information content (AvgIpc) is 2.26. The Kier molecular flexibility index (Phi) is 2.61. The molecule has 1 aliphatic rings. The smallest absolute Gasteiger partial charge is 0.330 e. The van der Waals surface area contributed by atoms with Crippen molar-refractivity contribution < 1.29 is 18.0 Å². The maximum atomic E-state index is 12.2. The van der Waals surface area contributed by atoms with Gasteiger partial charge < -0.3 is 4.90 Å². The first kappa shape index (κ1) is 11.0. The molecule has 1 aliphatic heterocycles. The van der Waals surface area contributed by atoms with Gasteiger partial charge in [0, 0.05) is 13.1 Å². The summed E-state index contributed by atoms with van der Waals surface area (Å²) in [7, 11) is 0. The monoisotopic (exact) mass is 228 g/mol. The summed E-state index contributed by atoms with van der Waals surface area (Å²) in [6, 6.07) is 8.12. The molecule has 0 saturated heterocycles. The maximum absolute atomic E-state index is 12.2. The normalized spacial score (nSPS) is 15.8. The van der Waals surface area contributed by atoms with Crippen molar-refractivity contribution in [3.8, 4) is 0 Å². The fraction of sp³-hybridized carbons (Fsp3) is 0.364. The highest BCUT2D eigenvalue weighted by Gasteiger charge is 2.43. The van der Waals surface area contributed by atoms with Crippen LogP contribution in [-0.2, 0) is 17.8 Å². The van der Waals surface area contributed by atoms with E-state index < -0.39 is 12.1 Å². The highest BCUT2D eigenvalue weighted by atomic mass is 19.4. The number of hydrogen-bond acceptors (Lipinski definition) is 1. The molecule has 0 aromatic heterocycles. The van der Waals surface area contributed by atoms with Gasteiger partial charge in [-0.2, -0.15) is 13.2 Å². The van der Waals surface area contributed by atoms with Gasteiger partial charge in [0.1, 0.15) is 0 Å². The minimum absolute atomic E-state index is 0.0189. The Morgan fingerprint density at radius 2 is 2.19 bits per heavy atom. The number of fused-ring (bicyclic) bond motifs is 1. The van der Waals surface area contributed by atoms with E-state index in [1.807, 2.05) is 0 Å². The number of alkyl halides is 3. The number of hydrogen-bond donors (Lipinski definition) is 0. The van der Waals surface area contributed by atoms with Crippen LogP contribution in [0, 0.1) is 6.07 Å². The van der Waals surface area contributed by atoms with Crippen LogP contribution in [0.1, 0.15) is 11.1 Å². The van der Waals surface area contributed by atoms with Crippen molar-refractivity contribution in [2.75, 3.05) is 6.54 Å². The van der Waals surface area contributed by atoms with Crippen molar-refractivity contribution in [2.45, 2.75) is 19.1 Å². The molecule has 16 heavy (non-hydrogen) atoms. The van der Waals surface area contributed by atoms with Gasteiger partial charge in [0.05, 0.1) is 0 Å². The highest BCUT2D eigenvalue weighted by Crippen LogP contribution is 2.24. The summed E-state index contributed by atoms with van der Waals surface area (Å²) >= 11 is 0. The second-order valence-corrected chi connectivity index (χ2v) is 3.65. The van der Waals surface area contributed by atoms with Crippen molar-refractivity contribution in [1.29, 1.82) is 0 Å². The Labute approximate surface area is 90.7 Å². The quantitative estimate of drug-likeness (QED) is 0.664. The SMILES string of the molecule is O=C(N1CCc2[c]cccc2C1)C(F)(F)F. The minimum Gasteiger partial charge on any atom is -0.330 e. The standard InChI is InChI=1S/C11H9F3NO/c12-11(13,14)10(16)15-6-5-8-3-1-2-4-9(8)7-15/h1-2,4H,5-7H2. The summed E-state index contributed by atoms with van der Waals surface area (Å²) < 4.78 is 36.6. The van der Waals surface area contributed by atoms with Crippen molar-refractivity contribution in [3.63, 3.8) is 0 Å². The molecule has 1 aromatic carbocycles. The fourth-order valence-corrected chi connectivity index (χ4v) is 1.77. The number of halogens is 3. The first-order chi connectivity index (χ1) is 7.48. The molecule has 0 unspecified atom stereocenters. The summed E-state index contributed by atoms with van der Waals surface area (Å²) in [5.74, 6) is -1.76. The van der Waals surface area contributed by atoms with Crippen LogP contribution in [0.4, 0.5) is 13.2 Å². The summed E-state index contributed by atoms with van der Waals surface area (Å²) in [5, 5.41) is 0. The van der Waals surface area contributed by atoms with Gasteiger partial charge in [-0.3, -0.25) is 4.79 Å². The van der Waals surface area contributed by atoms with E-state index >= 15 is 0 Å². The predicted octanol–water partition coefficient (Wildman–Crippen LogP) is 1.93. The molecule has 0 atom stereocenters. The largest absolute Gasteiger partial charge is 0.471 e. The van der Waals surface area contributed by atoms with Crippen molar-refractivity contribution >= 4 is 5.91 Å². The average molecular weight is 228 g/mol. The molecule has 0 aliphatic carbocycles. The number of carbonyl (C=O) groups excluding carboxylic acids is 1. The summed E-state index contributed by atoms with van der Waals surface area (Å²) in [5.41, 5.74) is 1.64. The first-order valence-corrected chi connectivity index (χ1v) is 4.83. The third-order valence-corrected chi connectivity index (χ3v) is 2.56. The van der Waals surface area contributed by atoms with E-state index in [4.69, 9.17) is 0 Å². The highest BCUT2D eigenvalue weighted by molar-refractivity contribution is 5.82. The first-order valence-electron chi connectivity index (χ1n) is 4.83. The molecule has 2 nitrogen and oxygen atoms in total. The summed E-state index contributed by atoms with van der Waals surface area (Å²) in [6.45, 7) is 0.122. The number of amides is 1. The van der Waals surface area contributed by atoms with Gasteiger partial charge in [-0.25, -0.2) is 0 Å². The van der Waals surface area contributed by atoms with Gasteiger partial charge in [0.2, 0.25) is 0 Å². The molecule has 1 heterocycles. The van der Waals surface area contributed by atoms with E-state index in [1.165, 1.54) is 0 Å². The van der Waals surface area contributed by atoms with Crippen LogP contribution < -0.4 is 0 Å². The Hall–Kier alpha value is -1.52. The van der Waals surface area contributed by atoms with Gasteiger partial charge in [0.25, 0.3) is 0 Å². The van der Waals surface area contributed by atoms with E-state index in [1.54, 1.807) is 18.2 Å². The molecule has 0 fully saturated rings. The van der Waals surface area contributed by atoms with Crippen LogP contribution in [0.5, 0.6) is 0 Å². The lowest BCUT2D eigenvalue weighted by atomic mass is 10.00. The van der Waals surface area contributed by atoms with Crippen LogP contribution in [0.3, 0.4) is 0 Å². The van der Waals surface area contributed by atoms with Crippen molar-refractivity contribution in [2.24, 2.45) is 0 Å². The van der Waals surface area contributed by atoms with Crippen LogP contribution in [-0.4, -0.2) is 23.5 Å².